The molecule has 0 aliphatic heterocycles. The van der Waals surface area contributed by atoms with Gasteiger partial charge in [-0.3, -0.25) is 9.89 Å². The fraction of sp³-hybridized carbons (Fsp3) is 0.222. The second-order valence-electron chi connectivity index (χ2n) is 6.19. The van der Waals surface area contributed by atoms with Gasteiger partial charge in [0.15, 0.2) is 5.69 Å². The van der Waals surface area contributed by atoms with Crippen molar-refractivity contribution in [3.63, 3.8) is 0 Å². The van der Waals surface area contributed by atoms with Crippen LogP contribution in [0.15, 0.2) is 48.5 Å². The first kappa shape index (κ1) is 15.6. The van der Waals surface area contributed by atoms with Crippen LogP contribution < -0.4 is 5.32 Å². The van der Waals surface area contributed by atoms with Crippen molar-refractivity contribution in [3.8, 4) is 0 Å². The lowest BCUT2D eigenvalue weighted by Crippen LogP contribution is -2.36. The molecule has 5 heteroatoms. The first-order valence-corrected chi connectivity index (χ1v) is 7.82. The molecule has 1 aromatic heterocycles. The Balaban J connectivity index is 1.76. The van der Waals surface area contributed by atoms with Crippen LogP contribution in [-0.2, 0) is 5.41 Å². The topological polar surface area (TPSA) is 57.8 Å². The van der Waals surface area contributed by atoms with Crippen LogP contribution in [0.25, 0.3) is 10.9 Å². The van der Waals surface area contributed by atoms with E-state index < -0.39 is 0 Å². The van der Waals surface area contributed by atoms with Gasteiger partial charge in [-0.05, 0) is 23.8 Å². The van der Waals surface area contributed by atoms with Gasteiger partial charge in [0, 0.05) is 22.4 Å². The molecular weight excluding hydrogens is 310 g/mol. The van der Waals surface area contributed by atoms with Crippen molar-refractivity contribution in [1.82, 2.24) is 15.5 Å². The maximum atomic E-state index is 12.4. The Morgan fingerprint density at radius 3 is 2.78 bits per heavy atom. The van der Waals surface area contributed by atoms with Crippen molar-refractivity contribution in [2.75, 3.05) is 6.54 Å². The second kappa shape index (κ2) is 6.05. The lowest BCUT2D eigenvalue weighted by molar-refractivity contribution is 0.0942. The largest absolute Gasteiger partial charge is 0.350 e. The van der Waals surface area contributed by atoms with Crippen molar-refractivity contribution >= 4 is 28.4 Å². The summed E-state index contributed by atoms with van der Waals surface area (Å²) in [4.78, 5) is 12.4. The number of aromatic nitrogens is 2. The number of carbonyl (C=O) groups excluding carboxylic acids is 1. The van der Waals surface area contributed by atoms with Crippen LogP contribution in [0, 0.1) is 0 Å². The van der Waals surface area contributed by atoms with Crippen LogP contribution in [-0.4, -0.2) is 22.6 Å². The maximum Gasteiger partial charge on any atom is 0.272 e. The third kappa shape index (κ3) is 3.22. The van der Waals surface area contributed by atoms with Gasteiger partial charge in [-0.25, -0.2) is 0 Å². The number of hydrogen-bond donors (Lipinski definition) is 2. The van der Waals surface area contributed by atoms with Crippen LogP contribution in [0.4, 0.5) is 0 Å². The molecule has 2 N–H and O–H groups in total. The first-order chi connectivity index (χ1) is 11.0. The van der Waals surface area contributed by atoms with Gasteiger partial charge in [0.05, 0.1) is 5.52 Å². The highest BCUT2D eigenvalue weighted by Crippen LogP contribution is 2.25. The van der Waals surface area contributed by atoms with Crippen LogP contribution in [0.3, 0.4) is 0 Å². The predicted molar refractivity (Wildman–Crippen MR) is 92.9 cm³/mol. The number of rotatable bonds is 4. The predicted octanol–water partition coefficient (Wildman–Crippen LogP) is 3.92. The van der Waals surface area contributed by atoms with E-state index >= 15 is 0 Å². The summed E-state index contributed by atoms with van der Waals surface area (Å²) in [6, 6.07) is 15.3. The Hall–Kier alpha value is -2.33. The average molecular weight is 328 g/mol. The molecule has 0 saturated carbocycles. The quantitative estimate of drug-likeness (QED) is 0.763. The van der Waals surface area contributed by atoms with Gasteiger partial charge in [0.1, 0.15) is 0 Å². The summed E-state index contributed by atoms with van der Waals surface area (Å²) in [5.41, 5.74) is 2.12. The SMILES string of the molecule is CC(C)(CNC(=O)c1n[nH]c2ccccc12)c1cccc(Cl)c1. The average Bonchev–Trinajstić information content (AvgIpc) is 2.97. The Bertz CT molecular complexity index is 854. The number of hydrogen-bond acceptors (Lipinski definition) is 2. The molecule has 0 aliphatic rings. The minimum absolute atomic E-state index is 0.183. The van der Waals surface area contributed by atoms with E-state index in [4.69, 9.17) is 11.6 Å². The van der Waals surface area contributed by atoms with Gasteiger partial charge < -0.3 is 5.32 Å². The number of carbonyl (C=O) groups is 1. The molecule has 0 aliphatic carbocycles. The third-order valence-electron chi connectivity index (χ3n) is 3.98. The molecule has 23 heavy (non-hydrogen) atoms. The molecule has 0 bridgehead atoms. The van der Waals surface area contributed by atoms with E-state index in [2.05, 4.69) is 29.4 Å². The Kier molecular flexibility index (Phi) is 4.09. The number of aromatic amines is 1. The minimum atomic E-state index is -0.229. The molecule has 3 rings (SSSR count). The summed E-state index contributed by atoms with van der Waals surface area (Å²) in [6.45, 7) is 4.64. The first-order valence-electron chi connectivity index (χ1n) is 7.45. The summed E-state index contributed by atoms with van der Waals surface area (Å²) in [6.07, 6.45) is 0. The zero-order valence-corrected chi connectivity index (χ0v) is 13.8. The van der Waals surface area contributed by atoms with Crippen molar-refractivity contribution in [2.24, 2.45) is 0 Å². The Morgan fingerprint density at radius 1 is 1.22 bits per heavy atom. The lowest BCUT2D eigenvalue weighted by atomic mass is 9.84. The normalized spacial score (nSPS) is 11.6. The molecule has 0 spiro atoms. The van der Waals surface area contributed by atoms with Crippen molar-refractivity contribution in [1.29, 1.82) is 0 Å². The van der Waals surface area contributed by atoms with E-state index in [-0.39, 0.29) is 11.3 Å². The van der Waals surface area contributed by atoms with E-state index in [1.807, 2.05) is 48.5 Å². The van der Waals surface area contributed by atoms with E-state index in [1.54, 1.807) is 0 Å². The summed E-state index contributed by atoms with van der Waals surface area (Å²) >= 11 is 6.06. The molecule has 118 valence electrons. The van der Waals surface area contributed by atoms with E-state index in [1.165, 1.54) is 0 Å². The Morgan fingerprint density at radius 2 is 2.00 bits per heavy atom. The molecule has 2 aromatic carbocycles. The molecule has 0 unspecified atom stereocenters. The van der Waals surface area contributed by atoms with Crippen LogP contribution >= 0.6 is 11.6 Å². The number of nitrogens with one attached hydrogen (secondary N) is 2. The van der Waals surface area contributed by atoms with Gasteiger partial charge in [-0.2, -0.15) is 5.10 Å². The van der Waals surface area contributed by atoms with Crippen LogP contribution in [0.1, 0.15) is 29.9 Å². The minimum Gasteiger partial charge on any atom is -0.350 e. The van der Waals surface area contributed by atoms with Gasteiger partial charge in [0.2, 0.25) is 0 Å². The van der Waals surface area contributed by atoms with Crippen molar-refractivity contribution < 1.29 is 4.79 Å². The second-order valence-corrected chi connectivity index (χ2v) is 6.63. The summed E-state index contributed by atoms with van der Waals surface area (Å²) < 4.78 is 0. The number of benzene rings is 2. The summed E-state index contributed by atoms with van der Waals surface area (Å²) in [5, 5.41) is 11.5. The number of para-hydroxylation sites is 1. The number of fused-ring (bicyclic) bond motifs is 1. The third-order valence-corrected chi connectivity index (χ3v) is 4.22. The molecular formula is C18H18ClN3O. The van der Waals surface area contributed by atoms with Gasteiger partial charge in [0.25, 0.3) is 5.91 Å². The fourth-order valence-corrected chi connectivity index (χ4v) is 2.72. The van der Waals surface area contributed by atoms with Crippen LogP contribution in [0.2, 0.25) is 5.02 Å². The standard InChI is InChI=1S/C18H18ClN3O/c1-18(2,12-6-5-7-13(19)10-12)11-20-17(23)16-14-8-3-4-9-15(14)21-22-16/h3-10H,11H2,1-2H3,(H,20,23)(H,21,22). The maximum absolute atomic E-state index is 12.4. The fourth-order valence-electron chi connectivity index (χ4n) is 2.53. The highest BCUT2D eigenvalue weighted by atomic mass is 35.5. The molecule has 4 nitrogen and oxygen atoms in total. The van der Waals surface area contributed by atoms with Crippen molar-refractivity contribution in [3.05, 3.63) is 64.8 Å². The summed E-state index contributed by atoms with van der Waals surface area (Å²) in [7, 11) is 0. The molecule has 3 aromatic rings. The molecule has 1 amide bonds. The molecule has 0 fully saturated rings. The van der Waals surface area contributed by atoms with Gasteiger partial charge in [-0.1, -0.05) is 55.8 Å². The van der Waals surface area contributed by atoms with Crippen molar-refractivity contribution in [2.45, 2.75) is 19.3 Å². The molecule has 1 heterocycles. The lowest BCUT2D eigenvalue weighted by Gasteiger charge is -2.25. The Labute approximate surface area is 139 Å². The number of H-pyrrole nitrogens is 1. The zero-order chi connectivity index (χ0) is 16.4. The highest BCUT2D eigenvalue weighted by molar-refractivity contribution is 6.30. The smallest absolute Gasteiger partial charge is 0.272 e. The number of halogens is 1. The molecule has 0 radical (unpaired) electrons. The van der Waals surface area contributed by atoms with E-state index in [0.717, 1.165) is 16.5 Å². The van der Waals surface area contributed by atoms with Crippen LogP contribution in [0.5, 0.6) is 0 Å². The monoisotopic (exact) mass is 327 g/mol. The molecule has 0 saturated heterocycles. The number of nitrogens with zero attached hydrogens (tertiary/aromatic N) is 1. The van der Waals surface area contributed by atoms with Gasteiger partial charge >= 0.3 is 0 Å². The summed E-state index contributed by atoms with van der Waals surface area (Å²) in [5.74, 6) is -0.183. The van der Waals surface area contributed by atoms with E-state index in [9.17, 15) is 4.79 Å². The zero-order valence-electron chi connectivity index (χ0n) is 13.1. The van der Waals surface area contributed by atoms with Gasteiger partial charge in [-0.15, -0.1) is 0 Å². The highest BCUT2D eigenvalue weighted by Gasteiger charge is 2.23. The molecule has 0 atom stereocenters. The number of amides is 1. The van der Waals surface area contributed by atoms with E-state index in [0.29, 0.717) is 17.3 Å².